The van der Waals surface area contributed by atoms with Gasteiger partial charge in [-0.1, -0.05) is 13.0 Å². The molecule has 1 aliphatic rings. The van der Waals surface area contributed by atoms with Crippen LogP contribution < -0.4 is 5.32 Å². The second kappa shape index (κ2) is 8.75. The molecule has 0 bridgehead atoms. The van der Waals surface area contributed by atoms with Crippen LogP contribution in [-0.2, 0) is 6.18 Å². The molecule has 1 N–H and O–H groups in total. The average molecular weight is 403 g/mol. The van der Waals surface area contributed by atoms with Crippen LogP contribution in [0.4, 0.5) is 13.2 Å². The van der Waals surface area contributed by atoms with Crippen molar-refractivity contribution in [1.29, 1.82) is 0 Å². The van der Waals surface area contributed by atoms with Crippen LogP contribution in [0.5, 0.6) is 0 Å². The monoisotopic (exact) mass is 402 g/mol. The number of carbonyl (C=O) groups is 1. The minimum atomic E-state index is -4.51. The van der Waals surface area contributed by atoms with Crippen LogP contribution in [0.1, 0.15) is 35.8 Å². The summed E-state index contributed by atoms with van der Waals surface area (Å²) in [5.74, 6) is -0.164. The molecule has 0 aliphatic carbocycles. The fraction of sp³-hybridized carbons (Fsp3) is 0.444. The first-order valence-electron chi connectivity index (χ1n) is 8.65. The lowest BCUT2D eigenvalue weighted by atomic mass is 10.1. The van der Waals surface area contributed by atoms with Crippen molar-refractivity contribution in [3.63, 3.8) is 0 Å². The standard InChI is InChI=1S/C18H21F3N4O.ClH/c1-2-10-24(15-6-8-22-12-15)17(26)13-4-3-5-14(11-13)25-16(7-9-23-25)18(19,20)21;/h3-5,7,9,11,15,22H,2,6,8,10,12H2,1H3;1H. The second-order valence-electron chi connectivity index (χ2n) is 6.32. The molecule has 148 valence electrons. The minimum Gasteiger partial charge on any atom is -0.334 e. The third-order valence-electron chi connectivity index (χ3n) is 4.47. The summed E-state index contributed by atoms with van der Waals surface area (Å²) in [6.45, 7) is 4.21. The first kappa shape index (κ1) is 21.2. The van der Waals surface area contributed by atoms with Gasteiger partial charge < -0.3 is 10.2 Å². The van der Waals surface area contributed by atoms with Crippen molar-refractivity contribution in [2.45, 2.75) is 32.0 Å². The van der Waals surface area contributed by atoms with Crippen molar-refractivity contribution in [2.24, 2.45) is 0 Å². The molecule has 1 aromatic carbocycles. The topological polar surface area (TPSA) is 50.2 Å². The third-order valence-corrected chi connectivity index (χ3v) is 4.47. The maximum absolute atomic E-state index is 13.1. The third kappa shape index (κ3) is 4.62. The van der Waals surface area contributed by atoms with Gasteiger partial charge in [0.2, 0.25) is 0 Å². The van der Waals surface area contributed by atoms with Gasteiger partial charge in [0.15, 0.2) is 0 Å². The van der Waals surface area contributed by atoms with E-state index in [1.54, 1.807) is 12.1 Å². The molecule has 0 saturated carbocycles. The van der Waals surface area contributed by atoms with Crippen LogP contribution in [0.25, 0.3) is 5.69 Å². The number of benzene rings is 1. The van der Waals surface area contributed by atoms with Gasteiger partial charge in [0.1, 0.15) is 5.69 Å². The minimum absolute atomic E-state index is 0. The number of rotatable bonds is 5. The highest BCUT2D eigenvalue weighted by Crippen LogP contribution is 2.30. The molecule has 2 heterocycles. The smallest absolute Gasteiger partial charge is 0.334 e. The summed E-state index contributed by atoms with van der Waals surface area (Å²) in [5.41, 5.74) is -0.284. The Morgan fingerprint density at radius 2 is 2.15 bits per heavy atom. The number of aromatic nitrogens is 2. The van der Waals surface area contributed by atoms with Crippen molar-refractivity contribution in [3.8, 4) is 5.69 Å². The summed E-state index contributed by atoms with van der Waals surface area (Å²) < 4.78 is 40.2. The number of hydrogen-bond donors (Lipinski definition) is 1. The number of nitrogens with zero attached hydrogens (tertiary/aromatic N) is 3. The molecular formula is C18H22ClF3N4O. The summed E-state index contributed by atoms with van der Waals surface area (Å²) in [5, 5.41) is 7.02. The number of hydrogen-bond acceptors (Lipinski definition) is 3. The first-order chi connectivity index (χ1) is 12.4. The molecule has 1 aliphatic heterocycles. The van der Waals surface area contributed by atoms with Crippen molar-refractivity contribution >= 4 is 18.3 Å². The summed E-state index contributed by atoms with van der Waals surface area (Å²) in [7, 11) is 0. The molecule has 1 aromatic heterocycles. The lowest BCUT2D eigenvalue weighted by Crippen LogP contribution is -2.42. The molecule has 1 unspecified atom stereocenters. The van der Waals surface area contributed by atoms with Crippen LogP contribution in [0.2, 0.25) is 0 Å². The van der Waals surface area contributed by atoms with E-state index >= 15 is 0 Å². The van der Waals surface area contributed by atoms with Gasteiger partial charge in [0.05, 0.1) is 11.9 Å². The van der Waals surface area contributed by atoms with E-state index < -0.39 is 11.9 Å². The zero-order chi connectivity index (χ0) is 18.7. The molecule has 2 aromatic rings. The highest BCUT2D eigenvalue weighted by molar-refractivity contribution is 5.95. The molecule has 5 nitrogen and oxygen atoms in total. The Hall–Kier alpha value is -2.06. The number of nitrogens with one attached hydrogen (secondary N) is 1. The Morgan fingerprint density at radius 3 is 2.78 bits per heavy atom. The van der Waals surface area contributed by atoms with Gasteiger partial charge >= 0.3 is 6.18 Å². The SMILES string of the molecule is CCCN(C(=O)c1cccc(-n2nccc2C(F)(F)F)c1)C1CCNC1.Cl. The van der Waals surface area contributed by atoms with Crippen LogP contribution in [-0.4, -0.2) is 46.3 Å². The summed E-state index contributed by atoms with van der Waals surface area (Å²) in [6.07, 6.45) is -1.71. The van der Waals surface area contributed by atoms with Crippen molar-refractivity contribution in [1.82, 2.24) is 20.0 Å². The van der Waals surface area contributed by atoms with Gasteiger partial charge in [-0.05, 0) is 43.7 Å². The van der Waals surface area contributed by atoms with Gasteiger partial charge in [0.25, 0.3) is 5.91 Å². The molecule has 0 radical (unpaired) electrons. The van der Waals surface area contributed by atoms with Crippen LogP contribution in [0.15, 0.2) is 36.5 Å². The Morgan fingerprint density at radius 1 is 1.37 bits per heavy atom. The number of halogens is 4. The predicted octanol–water partition coefficient (Wildman–Crippen LogP) is 3.53. The van der Waals surface area contributed by atoms with E-state index in [1.807, 2.05) is 11.8 Å². The Balaban J connectivity index is 0.00000261. The number of carbonyl (C=O) groups excluding carboxylic acids is 1. The summed E-state index contributed by atoms with van der Waals surface area (Å²) in [6, 6.07) is 7.23. The van der Waals surface area contributed by atoms with Gasteiger partial charge in [-0.25, -0.2) is 4.68 Å². The van der Waals surface area contributed by atoms with E-state index in [1.165, 1.54) is 12.1 Å². The highest BCUT2D eigenvalue weighted by Gasteiger charge is 2.35. The van der Waals surface area contributed by atoms with Gasteiger partial charge in [-0.3, -0.25) is 4.79 Å². The Bertz CT molecular complexity index is 772. The zero-order valence-corrected chi connectivity index (χ0v) is 15.7. The molecular weight excluding hydrogens is 381 g/mol. The fourth-order valence-electron chi connectivity index (χ4n) is 3.26. The lowest BCUT2D eigenvalue weighted by Gasteiger charge is -2.28. The van der Waals surface area contributed by atoms with E-state index in [-0.39, 0.29) is 30.0 Å². The molecule has 1 saturated heterocycles. The van der Waals surface area contributed by atoms with Crippen molar-refractivity contribution in [3.05, 3.63) is 47.8 Å². The quantitative estimate of drug-likeness (QED) is 0.832. The van der Waals surface area contributed by atoms with E-state index in [0.717, 1.165) is 42.9 Å². The van der Waals surface area contributed by atoms with Gasteiger partial charge in [0, 0.05) is 24.7 Å². The van der Waals surface area contributed by atoms with Crippen molar-refractivity contribution < 1.29 is 18.0 Å². The molecule has 1 atom stereocenters. The van der Waals surface area contributed by atoms with Crippen LogP contribution >= 0.6 is 12.4 Å². The highest BCUT2D eigenvalue weighted by atomic mass is 35.5. The molecule has 1 fully saturated rings. The number of alkyl halides is 3. The lowest BCUT2D eigenvalue weighted by molar-refractivity contribution is -0.142. The molecule has 9 heteroatoms. The predicted molar refractivity (Wildman–Crippen MR) is 98.4 cm³/mol. The molecule has 3 rings (SSSR count). The normalized spacial score (nSPS) is 16.8. The largest absolute Gasteiger partial charge is 0.433 e. The Kier molecular flexibility index (Phi) is 6.89. The van der Waals surface area contributed by atoms with E-state index in [0.29, 0.717) is 12.1 Å². The average Bonchev–Trinajstić information content (AvgIpc) is 3.30. The van der Waals surface area contributed by atoms with Crippen molar-refractivity contribution in [2.75, 3.05) is 19.6 Å². The summed E-state index contributed by atoms with van der Waals surface area (Å²) in [4.78, 5) is 14.8. The van der Waals surface area contributed by atoms with Gasteiger partial charge in [-0.2, -0.15) is 18.3 Å². The van der Waals surface area contributed by atoms with Crippen LogP contribution in [0.3, 0.4) is 0 Å². The maximum Gasteiger partial charge on any atom is 0.433 e. The maximum atomic E-state index is 13.1. The summed E-state index contributed by atoms with van der Waals surface area (Å²) >= 11 is 0. The van der Waals surface area contributed by atoms with E-state index in [4.69, 9.17) is 0 Å². The Labute approximate surface area is 161 Å². The fourth-order valence-corrected chi connectivity index (χ4v) is 3.26. The first-order valence-corrected chi connectivity index (χ1v) is 8.65. The molecule has 27 heavy (non-hydrogen) atoms. The van der Waals surface area contributed by atoms with E-state index in [2.05, 4.69) is 10.4 Å². The van der Waals surface area contributed by atoms with Crippen LogP contribution in [0, 0.1) is 0 Å². The zero-order valence-electron chi connectivity index (χ0n) is 14.9. The van der Waals surface area contributed by atoms with Gasteiger partial charge in [-0.15, -0.1) is 12.4 Å². The van der Waals surface area contributed by atoms with E-state index in [9.17, 15) is 18.0 Å². The molecule has 1 amide bonds. The molecule has 0 spiro atoms. The second-order valence-corrected chi connectivity index (χ2v) is 6.32. The number of amides is 1.